The van der Waals surface area contributed by atoms with Gasteiger partial charge in [0, 0.05) is 25.1 Å². The van der Waals surface area contributed by atoms with Crippen LogP contribution in [0.3, 0.4) is 0 Å². The zero-order valence-corrected chi connectivity index (χ0v) is 20.6. The molecule has 37 heavy (non-hydrogen) atoms. The number of alkyl halides is 3. The van der Waals surface area contributed by atoms with E-state index in [1.165, 1.54) is 6.33 Å². The highest BCUT2D eigenvalue weighted by Crippen LogP contribution is 2.35. The van der Waals surface area contributed by atoms with E-state index in [2.05, 4.69) is 15.3 Å². The van der Waals surface area contributed by atoms with Crippen LogP contribution < -0.4 is 11.1 Å². The summed E-state index contributed by atoms with van der Waals surface area (Å²) < 4.78 is 44.9. The molecule has 2 aliphatic rings. The standard InChI is InChI=1S/C24H27ClF3N5O4/c25-17-8-5-14(24(26,27)28)10-18(17)32-22(35)13-3-6-15(7-4-13)33(11-16-2-1-9-37-16)23(36)20-19(21(29)34)30-12-31-20/h5,8,10,12-13,15-16H,1-4,6-7,9,11H2,(H2,29,34)(H,30,31)(H,32,35)/t13-,15-,16?. The lowest BCUT2D eigenvalue weighted by Gasteiger charge is -2.37. The van der Waals surface area contributed by atoms with E-state index in [-0.39, 0.29) is 34.2 Å². The molecule has 2 aromatic rings. The van der Waals surface area contributed by atoms with Gasteiger partial charge in [0.05, 0.1) is 28.7 Å². The van der Waals surface area contributed by atoms with Gasteiger partial charge in [0.1, 0.15) is 5.69 Å². The molecule has 2 fully saturated rings. The Kier molecular flexibility index (Phi) is 8.08. The normalized spacial score (nSPS) is 22.0. The molecule has 1 aliphatic heterocycles. The van der Waals surface area contributed by atoms with Crippen LogP contribution in [0.25, 0.3) is 0 Å². The van der Waals surface area contributed by atoms with Crippen molar-refractivity contribution in [1.82, 2.24) is 14.9 Å². The van der Waals surface area contributed by atoms with Gasteiger partial charge in [-0.05, 0) is 56.7 Å². The zero-order valence-electron chi connectivity index (χ0n) is 19.8. The van der Waals surface area contributed by atoms with E-state index >= 15 is 0 Å². The highest BCUT2D eigenvalue weighted by molar-refractivity contribution is 6.33. The second kappa shape index (κ2) is 11.1. The van der Waals surface area contributed by atoms with E-state index in [9.17, 15) is 27.6 Å². The first-order chi connectivity index (χ1) is 17.5. The van der Waals surface area contributed by atoms with Crippen LogP contribution >= 0.6 is 11.6 Å². The quantitative estimate of drug-likeness (QED) is 0.488. The number of amides is 3. The molecule has 0 bridgehead atoms. The van der Waals surface area contributed by atoms with Crippen LogP contribution in [0.1, 0.15) is 65.1 Å². The molecule has 1 aromatic carbocycles. The van der Waals surface area contributed by atoms with Gasteiger partial charge in [0.25, 0.3) is 11.8 Å². The molecule has 2 heterocycles. The average Bonchev–Trinajstić information content (AvgIpc) is 3.55. The van der Waals surface area contributed by atoms with Crippen LogP contribution in [-0.2, 0) is 15.7 Å². The molecule has 9 nitrogen and oxygen atoms in total. The third kappa shape index (κ3) is 6.24. The van der Waals surface area contributed by atoms with Gasteiger partial charge in [0.15, 0.2) is 5.69 Å². The van der Waals surface area contributed by atoms with Crippen molar-refractivity contribution in [2.45, 2.75) is 56.8 Å². The number of hydrogen-bond donors (Lipinski definition) is 3. The number of aromatic amines is 1. The van der Waals surface area contributed by atoms with Crippen molar-refractivity contribution in [1.29, 1.82) is 0 Å². The van der Waals surface area contributed by atoms with E-state index in [1.54, 1.807) is 4.90 Å². The number of nitrogens with zero attached hydrogens (tertiary/aromatic N) is 2. The van der Waals surface area contributed by atoms with Crippen LogP contribution in [0.2, 0.25) is 5.02 Å². The van der Waals surface area contributed by atoms with E-state index in [4.69, 9.17) is 22.1 Å². The SMILES string of the molecule is NC(=O)c1[nH]cnc1C(=O)N(CC1CCCO1)[C@H]1CC[C@H](C(=O)Nc2cc(C(F)(F)F)ccc2Cl)CC1. The first-order valence-corrected chi connectivity index (χ1v) is 12.4. The Morgan fingerprint density at radius 1 is 1.19 bits per heavy atom. The maximum atomic E-state index is 13.4. The number of carbonyl (C=O) groups is 3. The minimum absolute atomic E-state index is 0.00706. The topological polar surface area (TPSA) is 130 Å². The van der Waals surface area contributed by atoms with Crippen molar-refractivity contribution in [3.8, 4) is 0 Å². The predicted molar refractivity (Wildman–Crippen MR) is 128 cm³/mol. The number of halogens is 4. The Balaban J connectivity index is 1.44. The molecule has 0 radical (unpaired) electrons. The van der Waals surface area contributed by atoms with Crippen molar-refractivity contribution in [2.24, 2.45) is 11.7 Å². The van der Waals surface area contributed by atoms with E-state index in [0.717, 1.165) is 31.0 Å². The molecule has 4 N–H and O–H groups in total. The fourth-order valence-corrected chi connectivity index (χ4v) is 5.03. The number of nitrogens with one attached hydrogen (secondary N) is 2. The molecule has 3 amide bonds. The molecular weight excluding hydrogens is 515 g/mol. The maximum absolute atomic E-state index is 13.4. The molecule has 1 saturated carbocycles. The Labute approximate surface area is 215 Å². The molecule has 4 rings (SSSR count). The van der Waals surface area contributed by atoms with Gasteiger partial charge in [-0.15, -0.1) is 0 Å². The number of hydrogen-bond acceptors (Lipinski definition) is 5. The summed E-state index contributed by atoms with van der Waals surface area (Å²) in [5.41, 5.74) is 4.22. The number of aromatic nitrogens is 2. The number of H-pyrrole nitrogens is 1. The zero-order chi connectivity index (χ0) is 26.7. The Bertz CT molecular complexity index is 1160. The first kappa shape index (κ1) is 26.9. The second-order valence-electron chi connectivity index (χ2n) is 9.27. The smallest absolute Gasteiger partial charge is 0.376 e. The summed E-state index contributed by atoms with van der Waals surface area (Å²) in [6.07, 6.45) is -0.0376. The van der Waals surface area contributed by atoms with E-state index in [0.29, 0.717) is 38.8 Å². The van der Waals surface area contributed by atoms with Gasteiger partial charge in [-0.1, -0.05) is 11.6 Å². The van der Waals surface area contributed by atoms with Crippen LogP contribution in [0.4, 0.5) is 18.9 Å². The number of ether oxygens (including phenoxy) is 1. The molecule has 1 aromatic heterocycles. The van der Waals surface area contributed by atoms with Crippen molar-refractivity contribution < 1.29 is 32.3 Å². The number of nitrogens with two attached hydrogens (primary N) is 1. The van der Waals surface area contributed by atoms with Crippen LogP contribution in [0.5, 0.6) is 0 Å². The van der Waals surface area contributed by atoms with Crippen molar-refractivity contribution >= 4 is 35.0 Å². The fraction of sp³-hybridized carbons (Fsp3) is 0.500. The lowest BCUT2D eigenvalue weighted by atomic mass is 9.84. The van der Waals surface area contributed by atoms with Gasteiger partial charge in [0.2, 0.25) is 5.91 Å². The van der Waals surface area contributed by atoms with Crippen molar-refractivity contribution in [3.63, 3.8) is 0 Å². The van der Waals surface area contributed by atoms with Gasteiger partial charge in [-0.25, -0.2) is 4.98 Å². The minimum Gasteiger partial charge on any atom is -0.376 e. The third-order valence-electron chi connectivity index (χ3n) is 6.83. The Hall–Kier alpha value is -3.12. The van der Waals surface area contributed by atoms with Crippen LogP contribution in [-0.4, -0.2) is 57.9 Å². The number of primary amides is 1. The second-order valence-corrected chi connectivity index (χ2v) is 9.68. The lowest BCUT2D eigenvalue weighted by molar-refractivity contribution is -0.137. The van der Waals surface area contributed by atoms with E-state index < -0.39 is 35.4 Å². The molecule has 1 unspecified atom stereocenters. The van der Waals surface area contributed by atoms with Gasteiger partial charge in [-0.3, -0.25) is 14.4 Å². The Morgan fingerprint density at radius 3 is 2.54 bits per heavy atom. The molecule has 1 aliphatic carbocycles. The highest BCUT2D eigenvalue weighted by Gasteiger charge is 2.36. The lowest BCUT2D eigenvalue weighted by Crippen LogP contribution is -2.47. The molecule has 200 valence electrons. The monoisotopic (exact) mass is 541 g/mol. The molecule has 13 heteroatoms. The summed E-state index contributed by atoms with van der Waals surface area (Å²) in [6, 6.07) is 2.52. The summed E-state index contributed by atoms with van der Waals surface area (Å²) in [5.74, 6) is -2.14. The number of benzene rings is 1. The summed E-state index contributed by atoms with van der Waals surface area (Å²) in [7, 11) is 0. The Morgan fingerprint density at radius 2 is 1.92 bits per heavy atom. The highest BCUT2D eigenvalue weighted by atomic mass is 35.5. The van der Waals surface area contributed by atoms with Crippen molar-refractivity contribution in [2.75, 3.05) is 18.5 Å². The predicted octanol–water partition coefficient (Wildman–Crippen LogP) is 4.00. The van der Waals surface area contributed by atoms with Gasteiger partial charge in [-0.2, -0.15) is 13.2 Å². The maximum Gasteiger partial charge on any atom is 0.416 e. The summed E-state index contributed by atoms with van der Waals surface area (Å²) in [6.45, 7) is 0.915. The molecular formula is C24H27ClF3N5O4. The summed E-state index contributed by atoms with van der Waals surface area (Å²) in [5, 5.41) is 2.53. The average molecular weight is 542 g/mol. The first-order valence-electron chi connectivity index (χ1n) is 12.0. The molecule has 1 atom stereocenters. The van der Waals surface area contributed by atoms with E-state index in [1.807, 2.05) is 0 Å². The number of carbonyl (C=O) groups excluding carboxylic acids is 3. The number of anilines is 1. The minimum atomic E-state index is -4.57. The largest absolute Gasteiger partial charge is 0.416 e. The number of imidazole rings is 1. The van der Waals surface area contributed by atoms with Gasteiger partial charge >= 0.3 is 6.18 Å². The molecule has 0 spiro atoms. The summed E-state index contributed by atoms with van der Waals surface area (Å²) in [4.78, 5) is 46.3. The van der Waals surface area contributed by atoms with Crippen LogP contribution in [0, 0.1) is 5.92 Å². The molecule has 1 saturated heterocycles. The van der Waals surface area contributed by atoms with Crippen molar-refractivity contribution in [3.05, 3.63) is 46.5 Å². The third-order valence-corrected chi connectivity index (χ3v) is 7.16. The number of rotatable bonds is 7. The van der Waals surface area contributed by atoms with Gasteiger partial charge < -0.3 is 25.7 Å². The summed E-state index contributed by atoms with van der Waals surface area (Å²) >= 11 is 6.01. The van der Waals surface area contributed by atoms with Crippen LogP contribution in [0.15, 0.2) is 24.5 Å². The fourth-order valence-electron chi connectivity index (χ4n) is 4.87.